The molecule has 43 heavy (non-hydrogen) atoms. The molecule has 13 heteroatoms. The number of ether oxygens (including phenoxy) is 1. The minimum Gasteiger partial charge on any atom is -0.487 e. The molecule has 1 atom stereocenters. The van der Waals surface area contributed by atoms with Crippen LogP contribution >= 0.6 is 11.6 Å². The van der Waals surface area contributed by atoms with Crippen LogP contribution in [0.1, 0.15) is 11.3 Å². The van der Waals surface area contributed by atoms with Crippen LogP contribution in [0.4, 0.5) is 29.1 Å². The zero-order valence-corrected chi connectivity index (χ0v) is 24.0. The molecule has 0 aliphatic carbocycles. The van der Waals surface area contributed by atoms with Crippen molar-refractivity contribution in [1.82, 2.24) is 15.3 Å². The van der Waals surface area contributed by atoms with Crippen LogP contribution in [0.15, 0.2) is 83.5 Å². The lowest BCUT2D eigenvalue weighted by atomic mass is 10.1. The van der Waals surface area contributed by atoms with Crippen molar-refractivity contribution in [3.63, 3.8) is 0 Å². The predicted octanol–water partition coefficient (Wildman–Crippen LogP) is 7.41. The van der Waals surface area contributed by atoms with E-state index in [9.17, 15) is 21.8 Å². The lowest BCUT2D eigenvalue weighted by molar-refractivity contribution is -0.105. The van der Waals surface area contributed by atoms with Gasteiger partial charge in [0.05, 0.1) is 17.1 Å². The summed E-state index contributed by atoms with van der Waals surface area (Å²) in [4.78, 5) is 8.74. The number of anilines is 2. The number of alkyl halides is 3. The van der Waals surface area contributed by atoms with E-state index in [-0.39, 0.29) is 31.3 Å². The molecule has 2 heterocycles. The molecular weight excluding hydrogens is 608 g/mol. The fourth-order valence-corrected chi connectivity index (χ4v) is 5.33. The summed E-state index contributed by atoms with van der Waals surface area (Å²) < 4.78 is 73.6. The van der Waals surface area contributed by atoms with Crippen LogP contribution in [-0.4, -0.2) is 38.4 Å². The van der Waals surface area contributed by atoms with Crippen molar-refractivity contribution in [3.8, 4) is 17.1 Å². The molecular formula is C30H25ClF4N4O3S. The topological polar surface area (TPSA) is 89.3 Å². The molecule has 0 bridgehead atoms. The van der Waals surface area contributed by atoms with Gasteiger partial charge in [-0.05, 0) is 66.2 Å². The number of benzene rings is 3. The lowest BCUT2D eigenvalue weighted by Crippen LogP contribution is -2.25. The monoisotopic (exact) mass is 632 g/mol. The fourth-order valence-electron chi connectivity index (χ4n) is 4.21. The Morgan fingerprint density at radius 2 is 1.86 bits per heavy atom. The number of hydrogen-bond acceptors (Lipinski definition) is 7. The molecule has 0 aliphatic rings. The van der Waals surface area contributed by atoms with Gasteiger partial charge in [0.15, 0.2) is 0 Å². The number of hydrogen-bond donors (Lipinski definition) is 2. The Morgan fingerprint density at radius 3 is 2.65 bits per heavy atom. The second-order valence-electron chi connectivity index (χ2n) is 9.49. The van der Waals surface area contributed by atoms with E-state index >= 15 is 0 Å². The van der Waals surface area contributed by atoms with Gasteiger partial charge in [-0.1, -0.05) is 23.7 Å². The molecule has 0 aliphatic heterocycles. The van der Waals surface area contributed by atoms with E-state index < -0.39 is 22.7 Å². The van der Waals surface area contributed by atoms with Crippen molar-refractivity contribution in [1.29, 1.82) is 0 Å². The molecule has 0 radical (unpaired) electrons. The smallest absolute Gasteiger partial charge is 0.400 e. The largest absolute Gasteiger partial charge is 0.487 e. The number of halogens is 5. The SMILES string of the molecule is O=S(CCNCc1ccc(-c2ccc3ncnc(Nc4ccc(OCc5cccc(F)c5)c(Cl)c4)c3c2)o1)CC(F)(F)F. The molecule has 7 nitrogen and oxygen atoms in total. The van der Waals surface area contributed by atoms with E-state index in [2.05, 4.69) is 20.6 Å². The average molecular weight is 633 g/mol. The Morgan fingerprint density at radius 1 is 1.00 bits per heavy atom. The molecule has 2 aromatic heterocycles. The maximum Gasteiger partial charge on any atom is 0.400 e. The van der Waals surface area contributed by atoms with Gasteiger partial charge in [-0.2, -0.15) is 13.2 Å². The highest BCUT2D eigenvalue weighted by Gasteiger charge is 2.30. The standard InChI is InChI=1S/C30H25ClF4N4O3S/c31-25-14-22(5-8-28(25)41-16-19-2-1-3-21(32)12-19)39-29-24-13-20(4-7-26(24)37-18-38-29)27-9-6-23(42-27)15-36-10-11-43(40)17-30(33,34)35/h1-9,12-14,18,36H,10-11,15-17H2,(H,37,38,39). The Kier molecular flexibility index (Phi) is 9.59. The molecule has 1 unspecified atom stereocenters. The first kappa shape index (κ1) is 30.5. The molecule has 224 valence electrons. The third kappa shape index (κ3) is 8.53. The third-order valence-corrected chi connectivity index (χ3v) is 7.79. The van der Waals surface area contributed by atoms with Crippen molar-refractivity contribution in [2.24, 2.45) is 0 Å². The first-order chi connectivity index (χ1) is 20.6. The van der Waals surface area contributed by atoms with Crippen molar-refractivity contribution in [3.05, 3.63) is 101 Å². The Labute approximate surface area is 251 Å². The maximum atomic E-state index is 13.4. The summed E-state index contributed by atoms with van der Waals surface area (Å²) in [7, 11) is -1.98. The molecule has 0 fully saturated rings. The third-order valence-electron chi connectivity index (χ3n) is 6.19. The number of rotatable bonds is 12. The minimum atomic E-state index is -4.44. The Bertz CT molecular complexity index is 1750. The minimum absolute atomic E-state index is 0.108. The van der Waals surface area contributed by atoms with Crippen molar-refractivity contribution >= 4 is 44.8 Å². The molecule has 0 saturated heterocycles. The van der Waals surface area contributed by atoms with E-state index in [0.717, 1.165) is 10.9 Å². The Hall–Kier alpha value is -4.00. The number of aromatic nitrogens is 2. The highest BCUT2D eigenvalue weighted by molar-refractivity contribution is 7.85. The van der Waals surface area contributed by atoms with Gasteiger partial charge in [0.2, 0.25) is 0 Å². The van der Waals surface area contributed by atoms with Gasteiger partial charge in [0, 0.05) is 39.7 Å². The van der Waals surface area contributed by atoms with Crippen LogP contribution in [0.3, 0.4) is 0 Å². The van der Waals surface area contributed by atoms with E-state index in [1.54, 1.807) is 42.5 Å². The number of fused-ring (bicyclic) bond motifs is 1. The van der Waals surface area contributed by atoms with Gasteiger partial charge < -0.3 is 19.8 Å². The Balaban J connectivity index is 1.24. The maximum absolute atomic E-state index is 13.4. The zero-order valence-electron chi connectivity index (χ0n) is 22.5. The predicted molar refractivity (Wildman–Crippen MR) is 158 cm³/mol. The quantitative estimate of drug-likeness (QED) is 0.109. The molecule has 5 aromatic rings. The van der Waals surface area contributed by atoms with Crippen LogP contribution in [0.25, 0.3) is 22.2 Å². The normalized spacial score (nSPS) is 12.4. The molecule has 0 amide bonds. The molecule has 5 rings (SSSR count). The second kappa shape index (κ2) is 13.5. The summed E-state index contributed by atoms with van der Waals surface area (Å²) in [5.41, 5.74) is 2.81. The van der Waals surface area contributed by atoms with Crippen LogP contribution in [0.2, 0.25) is 5.02 Å². The number of nitrogens with zero attached hydrogens (tertiary/aromatic N) is 2. The van der Waals surface area contributed by atoms with Gasteiger partial charge in [0.25, 0.3) is 0 Å². The summed E-state index contributed by atoms with van der Waals surface area (Å²) >= 11 is 6.46. The molecule has 0 saturated carbocycles. The van der Waals surface area contributed by atoms with Crippen molar-refractivity contribution in [2.75, 3.05) is 23.4 Å². The molecule has 0 spiro atoms. The van der Waals surface area contributed by atoms with Gasteiger partial charge in [-0.3, -0.25) is 4.21 Å². The van der Waals surface area contributed by atoms with E-state index in [1.807, 2.05) is 18.2 Å². The van der Waals surface area contributed by atoms with Crippen molar-refractivity contribution in [2.45, 2.75) is 19.3 Å². The molecule has 2 N–H and O–H groups in total. The first-order valence-electron chi connectivity index (χ1n) is 13.0. The molecule has 3 aromatic carbocycles. The average Bonchev–Trinajstić information content (AvgIpc) is 3.43. The van der Waals surface area contributed by atoms with Crippen LogP contribution < -0.4 is 15.4 Å². The van der Waals surface area contributed by atoms with E-state index in [1.165, 1.54) is 18.5 Å². The summed E-state index contributed by atoms with van der Waals surface area (Å²) in [6.07, 6.45) is -3.00. The summed E-state index contributed by atoms with van der Waals surface area (Å²) in [6.45, 7) is 0.595. The highest BCUT2D eigenvalue weighted by atomic mass is 35.5. The summed E-state index contributed by atoms with van der Waals surface area (Å²) in [5.74, 6) is 0.384. The summed E-state index contributed by atoms with van der Waals surface area (Å²) in [6, 6.07) is 20.5. The lowest BCUT2D eigenvalue weighted by Gasteiger charge is -2.12. The fraction of sp³-hybridized carbons (Fsp3) is 0.200. The van der Waals surface area contributed by atoms with Crippen LogP contribution in [0, 0.1) is 5.82 Å². The van der Waals surface area contributed by atoms with Crippen molar-refractivity contribution < 1.29 is 30.9 Å². The van der Waals surface area contributed by atoms with E-state index in [4.69, 9.17) is 20.8 Å². The van der Waals surface area contributed by atoms with E-state index in [0.29, 0.717) is 44.9 Å². The van der Waals surface area contributed by atoms with Gasteiger partial charge >= 0.3 is 6.18 Å². The number of nitrogens with one attached hydrogen (secondary N) is 2. The summed E-state index contributed by atoms with van der Waals surface area (Å²) in [5, 5.41) is 7.31. The van der Waals surface area contributed by atoms with Crippen LogP contribution in [-0.2, 0) is 24.0 Å². The van der Waals surface area contributed by atoms with Crippen LogP contribution in [0.5, 0.6) is 5.75 Å². The first-order valence-corrected chi connectivity index (χ1v) is 14.9. The van der Waals surface area contributed by atoms with Gasteiger partial charge in [0.1, 0.15) is 47.6 Å². The zero-order chi connectivity index (χ0) is 30.4. The van der Waals surface area contributed by atoms with Gasteiger partial charge in [-0.15, -0.1) is 0 Å². The second-order valence-corrected chi connectivity index (χ2v) is 11.5. The van der Waals surface area contributed by atoms with Gasteiger partial charge in [-0.25, -0.2) is 14.4 Å². The number of furan rings is 1. The highest BCUT2D eigenvalue weighted by Crippen LogP contribution is 2.33.